The number of cyclic esters (lactones) is 2. The molecule has 0 N–H and O–H groups in total. The molecule has 0 aromatic heterocycles. The van der Waals surface area contributed by atoms with Crippen LogP contribution in [0.4, 0.5) is 0 Å². The molecule has 0 radical (unpaired) electrons. The molecule has 1 aromatic rings. The highest BCUT2D eigenvalue weighted by atomic mass is 28.2. The summed E-state index contributed by atoms with van der Waals surface area (Å²) in [6.45, 7) is 4.10. The third-order valence-corrected chi connectivity index (χ3v) is 4.71. The van der Waals surface area contributed by atoms with Gasteiger partial charge in [-0.3, -0.25) is 0 Å². The summed E-state index contributed by atoms with van der Waals surface area (Å²) < 4.78 is 10.2. The van der Waals surface area contributed by atoms with Crippen molar-refractivity contribution in [1.29, 1.82) is 0 Å². The van der Waals surface area contributed by atoms with Gasteiger partial charge in [-0.2, -0.15) is 0 Å². The fraction of sp³-hybridized carbons (Fsp3) is 0.429. The summed E-state index contributed by atoms with van der Waals surface area (Å²) in [6.07, 6.45) is 2.29. The molecule has 5 heteroatoms. The number of hydrogen-bond acceptors (Lipinski definition) is 4. The first-order chi connectivity index (χ1) is 9.08. The van der Waals surface area contributed by atoms with E-state index in [1.54, 1.807) is 12.1 Å². The van der Waals surface area contributed by atoms with Crippen LogP contribution >= 0.6 is 0 Å². The van der Waals surface area contributed by atoms with Crippen molar-refractivity contribution < 1.29 is 18.8 Å². The topological polar surface area (TPSA) is 52.6 Å². The fourth-order valence-electron chi connectivity index (χ4n) is 2.04. The highest BCUT2D eigenvalue weighted by Crippen LogP contribution is 2.21. The molecule has 0 saturated heterocycles. The van der Waals surface area contributed by atoms with Crippen LogP contribution in [0.3, 0.4) is 0 Å². The van der Waals surface area contributed by atoms with Gasteiger partial charge in [0.25, 0.3) is 0 Å². The second-order valence-corrected chi connectivity index (χ2v) is 6.38. The van der Waals surface area contributed by atoms with E-state index in [0.717, 1.165) is 24.4 Å². The number of aryl methyl sites for hydroxylation is 1. The fourth-order valence-corrected chi connectivity index (χ4v) is 3.13. The van der Waals surface area contributed by atoms with Gasteiger partial charge < -0.3 is 9.16 Å². The highest BCUT2D eigenvalue weighted by Gasteiger charge is 2.29. The van der Waals surface area contributed by atoms with Gasteiger partial charge in [-0.25, -0.2) is 9.59 Å². The predicted molar refractivity (Wildman–Crippen MR) is 74.1 cm³/mol. The van der Waals surface area contributed by atoms with Gasteiger partial charge in [-0.05, 0) is 44.0 Å². The number of rotatable bonds is 6. The SMILES string of the molecule is CC(C)O[SiH2]CCCc1ccc2c(c1)C(=O)OC2=O. The largest absolute Gasteiger partial charge is 0.422 e. The van der Waals surface area contributed by atoms with Gasteiger partial charge in [-0.15, -0.1) is 0 Å². The van der Waals surface area contributed by atoms with Gasteiger partial charge in [0.1, 0.15) is 0 Å². The lowest BCUT2D eigenvalue weighted by atomic mass is 10.0. The van der Waals surface area contributed by atoms with Crippen LogP contribution in [0.5, 0.6) is 0 Å². The maximum absolute atomic E-state index is 11.4. The Labute approximate surface area is 115 Å². The molecule has 102 valence electrons. The van der Waals surface area contributed by atoms with Gasteiger partial charge >= 0.3 is 11.9 Å². The number of esters is 2. The Hall–Kier alpha value is -1.46. The second kappa shape index (κ2) is 6.12. The Bertz CT molecular complexity index is 496. The van der Waals surface area contributed by atoms with Crippen LogP contribution in [0.2, 0.25) is 6.04 Å². The number of hydrogen-bond donors (Lipinski definition) is 0. The lowest BCUT2D eigenvalue weighted by Gasteiger charge is -2.07. The minimum Gasteiger partial charge on any atom is -0.422 e. The third kappa shape index (κ3) is 3.51. The van der Waals surface area contributed by atoms with E-state index in [0.29, 0.717) is 17.2 Å². The van der Waals surface area contributed by atoms with Crippen molar-refractivity contribution in [1.82, 2.24) is 0 Å². The van der Waals surface area contributed by atoms with Crippen LogP contribution in [-0.4, -0.2) is 27.8 Å². The van der Waals surface area contributed by atoms with E-state index in [9.17, 15) is 9.59 Å². The first kappa shape index (κ1) is 14.0. The lowest BCUT2D eigenvalue weighted by Crippen LogP contribution is -2.07. The average molecular weight is 278 g/mol. The van der Waals surface area contributed by atoms with Crippen molar-refractivity contribution in [3.05, 3.63) is 34.9 Å². The van der Waals surface area contributed by atoms with Gasteiger partial charge in [-0.1, -0.05) is 12.5 Å². The van der Waals surface area contributed by atoms with Crippen molar-refractivity contribution in [3.63, 3.8) is 0 Å². The normalized spacial score (nSPS) is 14.5. The predicted octanol–water partition coefficient (Wildman–Crippen LogP) is 1.86. The summed E-state index contributed by atoms with van der Waals surface area (Å²) in [6, 6.07) is 6.47. The van der Waals surface area contributed by atoms with Crippen molar-refractivity contribution in [2.24, 2.45) is 0 Å². The Morgan fingerprint density at radius 1 is 1.21 bits per heavy atom. The molecule has 0 amide bonds. The van der Waals surface area contributed by atoms with Crippen LogP contribution in [0.15, 0.2) is 18.2 Å². The molecule has 0 unspecified atom stereocenters. The maximum Gasteiger partial charge on any atom is 0.346 e. The zero-order valence-corrected chi connectivity index (χ0v) is 12.7. The minimum atomic E-state index is -0.538. The van der Waals surface area contributed by atoms with Gasteiger partial charge in [0.2, 0.25) is 0 Å². The first-order valence-corrected chi connectivity index (χ1v) is 8.16. The molecule has 4 nitrogen and oxygen atoms in total. The molecule has 1 aliphatic heterocycles. The summed E-state index contributed by atoms with van der Waals surface area (Å²) >= 11 is 0. The molecule has 0 atom stereocenters. The standard InChI is InChI=1S/C14H18O4Si/c1-9(2)18-19-7-3-4-10-5-6-11-12(8-10)14(16)17-13(11)15/h5-6,8-9H,3-4,7,19H2,1-2H3. The van der Waals surface area contributed by atoms with E-state index >= 15 is 0 Å². The molecule has 2 rings (SSSR count). The summed E-state index contributed by atoms with van der Waals surface area (Å²) in [5.41, 5.74) is 1.85. The molecule has 19 heavy (non-hydrogen) atoms. The molecule has 1 aromatic carbocycles. The van der Waals surface area contributed by atoms with Gasteiger partial charge in [0.05, 0.1) is 11.1 Å². The first-order valence-electron chi connectivity index (χ1n) is 6.59. The number of benzene rings is 1. The van der Waals surface area contributed by atoms with E-state index in [1.807, 2.05) is 6.07 Å². The van der Waals surface area contributed by atoms with Crippen molar-refractivity contribution in [2.45, 2.75) is 38.8 Å². The molecule has 1 heterocycles. The molecule has 0 aliphatic carbocycles. The Kier molecular flexibility index (Phi) is 4.50. The number of ether oxygens (including phenoxy) is 1. The Balaban J connectivity index is 1.87. The Morgan fingerprint density at radius 3 is 2.68 bits per heavy atom. The van der Waals surface area contributed by atoms with Gasteiger partial charge in [0.15, 0.2) is 9.76 Å². The minimum absolute atomic E-state index is 0.326. The number of fused-ring (bicyclic) bond motifs is 1. The number of carbonyl (C=O) groups excluding carboxylic acids is 2. The zero-order valence-electron chi connectivity index (χ0n) is 11.3. The van der Waals surface area contributed by atoms with Crippen molar-refractivity contribution >= 4 is 21.7 Å². The van der Waals surface area contributed by atoms with Crippen LogP contribution in [0.25, 0.3) is 0 Å². The monoisotopic (exact) mass is 278 g/mol. The quantitative estimate of drug-likeness (QED) is 0.345. The van der Waals surface area contributed by atoms with E-state index in [4.69, 9.17) is 4.43 Å². The molecule has 0 bridgehead atoms. The molecule has 1 aliphatic rings. The molecular formula is C14H18O4Si. The third-order valence-electron chi connectivity index (χ3n) is 3.02. The van der Waals surface area contributed by atoms with E-state index in [1.165, 1.54) is 0 Å². The van der Waals surface area contributed by atoms with Crippen molar-refractivity contribution in [2.75, 3.05) is 0 Å². The van der Waals surface area contributed by atoms with Crippen LogP contribution in [-0.2, 0) is 15.6 Å². The van der Waals surface area contributed by atoms with E-state index in [2.05, 4.69) is 18.6 Å². The van der Waals surface area contributed by atoms with Crippen LogP contribution in [0.1, 0.15) is 46.5 Å². The molecule has 0 spiro atoms. The summed E-state index contributed by atoms with van der Waals surface area (Å²) in [4.78, 5) is 22.7. The van der Waals surface area contributed by atoms with Gasteiger partial charge in [0, 0.05) is 6.10 Å². The summed E-state index contributed by atoms with van der Waals surface area (Å²) in [7, 11) is -0.427. The molecular weight excluding hydrogens is 260 g/mol. The average Bonchev–Trinajstić information content (AvgIpc) is 2.64. The summed E-state index contributed by atoms with van der Waals surface area (Å²) in [5, 5.41) is 0. The van der Waals surface area contributed by atoms with E-state index in [-0.39, 0.29) is 0 Å². The highest BCUT2D eigenvalue weighted by molar-refractivity contribution is 6.27. The Morgan fingerprint density at radius 2 is 1.95 bits per heavy atom. The second-order valence-electron chi connectivity index (χ2n) is 4.93. The maximum atomic E-state index is 11.4. The lowest BCUT2D eigenvalue weighted by molar-refractivity contribution is 0.0443. The molecule has 0 fully saturated rings. The van der Waals surface area contributed by atoms with Crippen LogP contribution in [0, 0.1) is 0 Å². The molecule has 0 saturated carbocycles. The smallest absolute Gasteiger partial charge is 0.346 e. The summed E-state index contributed by atoms with van der Waals surface area (Å²) in [5.74, 6) is -1.07. The van der Waals surface area contributed by atoms with Crippen LogP contribution < -0.4 is 0 Å². The van der Waals surface area contributed by atoms with Crippen molar-refractivity contribution in [3.8, 4) is 0 Å². The zero-order chi connectivity index (χ0) is 13.8. The van der Waals surface area contributed by atoms with E-state index < -0.39 is 21.7 Å². The number of carbonyl (C=O) groups is 2.